The van der Waals surface area contributed by atoms with Crippen LogP contribution in [-0.2, 0) is 15.0 Å². The number of rotatable bonds is 3. The summed E-state index contributed by atoms with van der Waals surface area (Å²) in [5.41, 5.74) is 1.59. The summed E-state index contributed by atoms with van der Waals surface area (Å²) in [6.45, 7) is 8.32. The van der Waals surface area contributed by atoms with Crippen molar-refractivity contribution in [3.05, 3.63) is 54.3 Å². The van der Waals surface area contributed by atoms with Gasteiger partial charge in [-0.15, -0.1) is 6.58 Å². The first-order valence-corrected chi connectivity index (χ1v) is 9.79. The Morgan fingerprint density at radius 1 is 1.31 bits per heavy atom. The van der Waals surface area contributed by atoms with Crippen LogP contribution in [0.1, 0.15) is 25.8 Å². The first-order valence-electron chi connectivity index (χ1n) is 9.79. The third-order valence-corrected chi connectivity index (χ3v) is 6.86. The van der Waals surface area contributed by atoms with Gasteiger partial charge in [-0.25, -0.2) is 4.99 Å². The highest BCUT2D eigenvalue weighted by atomic mass is 16.2. The van der Waals surface area contributed by atoms with Crippen molar-refractivity contribution in [3.63, 3.8) is 0 Å². The highest BCUT2D eigenvalue weighted by Crippen LogP contribution is 2.60. The van der Waals surface area contributed by atoms with E-state index in [-0.39, 0.29) is 35.1 Å². The van der Waals surface area contributed by atoms with Gasteiger partial charge in [0.15, 0.2) is 0 Å². The molecule has 1 aromatic carbocycles. The summed E-state index contributed by atoms with van der Waals surface area (Å²) in [4.78, 5) is 36.3. The molecule has 2 amide bonds. The molecule has 4 atom stereocenters. The lowest BCUT2D eigenvalue weighted by Crippen LogP contribution is -2.59. The van der Waals surface area contributed by atoms with Gasteiger partial charge in [-0.2, -0.15) is 0 Å². The molecule has 1 aromatic rings. The number of hydrogen-bond donors (Lipinski definition) is 2. The smallest absolute Gasteiger partial charge is 0.272 e. The Balaban J connectivity index is 1.63. The summed E-state index contributed by atoms with van der Waals surface area (Å²) < 4.78 is 0. The maximum atomic E-state index is 13.5. The second-order valence-corrected chi connectivity index (χ2v) is 8.54. The standard InChI is InChI=1S/C22H23N5O2/c1-4-21(2,3)22-10-17-18(28)25-16(9-13-11-23-12-24-13)19(29)27(17)20(22)26-15-8-6-5-7-14(15)22/h4-9,11-13,17,20,26H,1,10H2,2-3H3,(H,25,28)/b16-9-/t13?,17-,20-,22+/m0/s1. The minimum atomic E-state index is -0.537. The number of nitrogens with one attached hydrogen (secondary N) is 2. The highest BCUT2D eigenvalue weighted by Gasteiger charge is 2.66. The molecule has 2 fully saturated rings. The number of fused-ring (bicyclic) bond motifs is 5. The molecular formula is C22H23N5O2. The van der Waals surface area contributed by atoms with E-state index in [1.54, 1.807) is 17.2 Å². The van der Waals surface area contributed by atoms with Crippen molar-refractivity contribution < 1.29 is 9.59 Å². The molecule has 0 radical (unpaired) electrons. The van der Waals surface area contributed by atoms with Crippen LogP contribution in [0.2, 0.25) is 0 Å². The minimum Gasteiger partial charge on any atom is -0.364 e. The summed E-state index contributed by atoms with van der Waals surface area (Å²) in [5, 5.41) is 6.34. The number of hydrogen-bond acceptors (Lipinski definition) is 5. The topological polar surface area (TPSA) is 86.2 Å². The molecule has 4 heterocycles. The molecule has 4 aliphatic heterocycles. The minimum absolute atomic E-state index is 0.164. The molecule has 29 heavy (non-hydrogen) atoms. The predicted molar refractivity (Wildman–Crippen MR) is 112 cm³/mol. The normalized spacial score (nSPS) is 33.4. The van der Waals surface area contributed by atoms with Crippen LogP contribution in [0.25, 0.3) is 0 Å². The Morgan fingerprint density at radius 3 is 2.83 bits per heavy atom. The Hall–Kier alpha value is -3.22. The highest BCUT2D eigenvalue weighted by molar-refractivity contribution is 6.06. The number of carbonyl (C=O) groups excluding carboxylic acids is 2. The molecule has 0 bridgehead atoms. The summed E-state index contributed by atoms with van der Waals surface area (Å²) >= 11 is 0. The zero-order valence-electron chi connectivity index (χ0n) is 16.4. The molecule has 5 rings (SSSR count). The molecule has 7 nitrogen and oxygen atoms in total. The van der Waals surface area contributed by atoms with Gasteiger partial charge in [0, 0.05) is 17.3 Å². The zero-order chi connectivity index (χ0) is 20.4. The number of benzene rings is 1. The van der Waals surface area contributed by atoms with E-state index in [1.165, 1.54) is 6.34 Å². The summed E-state index contributed by atoms with van der Waals surface area (Å²) in [6, 6.07) is 7.23. The van der Waals surface area contributed by atoms with Gasteiger partial charge >= 0.3 is 0 Å². The van der Waals surface area contributed by atoms with E-state index < -0.39 is 11.5 Å². The van der Waals surface area contributed by atoms with Crippen molar-refractivity contribution in [1.29, 1.82) is 0 Å². The number of carbonyl (C=O) groups is 2. The van der Waals surface area contributed by atoms with Crippen LogP contribution in [0.4, 0.5) is 5.69 Å². The Bertz CT molecular complexity index is 1010. The summed E-state index contributed by atoms with van der Waals surface area (Å²) in [7, 11) is 0. The molecule has 2 N–H and O–H groups in total. The second-order valence-electron chi connectivity index (χ2n) is 8.54. The van der Waals surface area contributed by atoms with E-state index in [9.17, 15) is 9.59 Å². The van der Waals surface area contributed by atoms with Gasteiger partial charge in [0.2, 0.25) is 5.91 Å². The SMILES string of the molecule is C=CC(C)(C)[C@@]12C[C@H]3C(=O)N/C(=C\C4C=NC=N4)C(=O)N3[C@@H]1Nc1ccccc12. The number of aliphatic imine (C=N–C) groups is 2. The van der Waals surface area contributed by atoms with Gasteiger partial charge < -0.3 is 15.5 Å². The fourth-order valence-electron chi connectivity index (χ4n) is 5.21. The molecule has 148 valence electrons. The molecule has 0 aliphatic carbocycles. The maximum Gasteiger partial charge on any atom is 0.272 e. The third kappa shape index (κ3) is 2.24. The monoisotopic (exact) mass is 389 g/mol. The van der Waals surface area contributed by atoms with Gasteiger partial charge in [-0.05, 0) is 29.5 Å². The van der Waals surface area contributed by atoms with Crippen LogP contribution in [0.5, 0.6) is 0 Å². The lowest BCUT2D eigenvalue weighted by Gasteiger charge is -2.43. The van der Waals surface area contributed by atoms with Crippen LogP contribution in [0.3, 0.4) is 0 Å². The third-order valence-electron chi connectivity index (χ3n) is 6.86. The van der Waals surface area contributed by atoms with Crippen molar-refractivity contribution in [3.8, 4) is 0 Å². The van der Waals surface area contributed by atoms with Gasteiger partial charge in [-0.1, -0.05) is 38.1 Å². The van der Waals surface area contributed by atoms with E-state index in [0.717, 1.165) is 11.3 Å². The fourth-order valence-corrected chi connectivity index (χ4v) is 5.21. The average Bonchev–Trinajstić information content (AvgIpc) is 3.40. The van der Waals surface area contributed by atoms with E-state index in [4.69, 9.17) is 0 Å². The lowest BCUT2D eigenvalue weighted by molar-refractivity contribution is -0.141. The number of nitrogens with zero attached hydrogens (tertiary/aromatic N) is 3. The second kappa shape index (κ2) is 5.89. The number of amides is 2. The molecule has 1 unspecified atom stereocenters. The zero-order valence-corrected chi connectivity index (χ0v) is 16.4. The van der Waals surface area contributed by atoms with Gasteiger partial charge in [0.05, 0.1) is 0 Å². The predicted octanol–water partition coefficient (Wildman–Crippen LogP) is 1.98. The Morgan fingerprint density at radius 2 is 2.10 bits per heavy atom. The molecule has 0 spiro atoms. The lowest BCUT2D eigenvalue weighted by atomic mass is 9.60. The summed E-state index contributed by atoms with van der Waals surface area (Å²) in [6.07, 6.45) is 6.88. The first kappa shape index (κ1) is 17.8. The van der Waals surface area contributed by atoms with Crippen LogP contribution in [0.15, 0.2) is 58.7 Å². The van der Waals surface area contributed by atoms with Gasteiger partial charge in [0.1, 0.15) is 30.3 Å². The number of allylic oxidation sites excluding steroid dienone is 1. The van der Waals surface area contributed by atoms with Crippen molar-refractivity contribution in [2.75, 3.05) is 5.32 Å². The van der Waals surface area contributed by atoms with E-state index in [0.29, 0.717) is 6.42 Å². The van der Waals surface area contributed by atoms with E-state index in [2.05, 4.69) is 47.1 Å². The van der Waals surface area contributed by atoms with Crippen molar-refractivity contribution in [2.24, 2.45) is 15.4 Å². The largest absolute Gasteiger partial charge is 0.364 e. The molecular weight excluding hydrogens is 366 g/mol. The Kier molecular flexibility index (Phi) is 3.62. The fraction of sp³-hybridized carbons (Fsp3) is 0.364. The van der Waals surface area contributed by atoms with Crippen LogP contribution < -0.4 is 10.6 Å². The molecule has 4 aliphatic rings. The van der Waals surface area contributed by atoms with Crippen molar-refractivity contribution in [1.82, 2.24) is 10.2 Å². The van der Waals surface area contributed by atoms with Crippen LogP contribution in [-0.4, -0.2) is 47.5 Å². The van der Waals surface area contributed by atoms with Gasteiger partial charge in [-0.3, -0.25) is 14.6 Å². The van der Waals surface area contributed by atoms with Crippen LogP contribution in [0, 0.1) is 5.41 Å². The number of piperazine rings is 1. The Labute approximate surface area is 169 Å². The van der Waals surface area contributed by atoms with Crippen molar-refractivity contribution >= 4 is 30.1 Å². The van der Waals surface area contributed by atoms with Gasteiger partial charge in [0.25, 0.3) is 5.91 Å². The van der Waals surface area contributed by atoms with Crippen molar-refractivity contribution in [2.45, 2.75) is 43.9 Å². The molecule has 7 heteroatoms. The summed E-state index contributed by atoms with van der Waals surface area (Å²) in [5.74, 6) is -0.361. The molecule has 0 aromatic heterocycles. The quantitative estimate of drug-likeness (QED) is 0.612. The first-order chi connectivity index (χ1) is 13.9. The van der Waals surface area contributed by atoms with Crippen LogP contribution >= 0.6 is 0 Å². The number of para-hydroxylation sites is 1. The maximum absolute atomic E-state index is 13.5. The number of anilines is 1. The van der Waals surface area contributed by atoms with E-state index in [1.807, 2.05) is 24.3 Å². The molecule has 0 saturated carbocycles. The average molecular weight is 389 g/mol. The molecule has 2 saturated heterocycles. The van der Waals surface area contributed by atoms with E-state index >= 15 is 0 Å².